The summed E-state index contributed by atoms with van der Waals surface area (Å²) in [6.45, 7) is 17.5. The summed E-state index contributed by atoms with van der Waals surface area (Å²) in [4.78, 5) is 20.1. The van der Waals surface area contributed by atoms with Crippen molar-refractivity contribution in [3.63, 3.8) is 0 Å². The zero-order valence-electron chi connectivity index (χ0n) is 20.3. The Morgan fingerprint density at radius 1 is 1.13 bits per heavy atom. The molecule has 0 saturated carbocycles. The van der Waals surface area contributed by atoms with Crippen molar-refractivity contribution >= 4 is 11.7 Å². The van der Waals surface area contributed by atoms with E-state index in [0.29, 0.717) is 25.4 Å². The van der Waals surface area contributed by atoms with E-state index in [1.165, 1.54) is 0 Å². The Kier molecular flexibility index (Phi) is 6.63. The van der Waals surface area contributed by atoms with Crippen molar-refractivity contribution in [3.05, 3.63) is 45.6 Å². The van der Waals surface area contributed by atoms with Gasteiger partial charge in [-0.2, -0.15) is 0 Å². The number of nitrogens with zero attached hydrogens (tertiary/aromatic N) is 2. The summed E-state index contributed by atoms with van der Waals surface area (Å²) in [5, 5.41) is 0. The van der Waals surface area contributed by atoms with E-state index < -0.39 is 5.60 Å². The van der Waals surface area contributed by atoms with E-state index in [4.69, 9.17) is 9.47 Å². The van der Waals surface area contributed by atoms with Crippen molar-refractivity contribution in [1.82, 2.24) is 4.98 Å². The first-order valence-electron chi connectivity index (χ1n) is 11.3. The van der Waals surface area contributed by atoms with Gasteiger partial charge in [0.1, 0.15) is 17.3 Å². The minimum Gasteiger partial charge on any atom is -0.493 e. The highest BCUT2D eigenvalue weighted by Crippen LogP contribution is 2.44. The Labute approximate surface area is 186 Å². The maximum Gasteiger partial charge on any atom is 0.272 e. The number of hydrogen-bond donors (Lipinski definition) is 0. The third-order valence-corrected chi connectivity index (χ3v) is 6.32. The van der Waals surface area contributed by atoms with Crippen LogP contribution in [0.15, 0.2) is 12.1 Å². The molecule has 1 aromatic heterocycles. The second kappa shape index (κ2) is 8.89. The largest absolute Gasteiger partial charge is 0.493 e. The Balaban J connectivity index is 1.98. The number of amides is 1. The molecule has 0 spiro atoms. The second-order valence-corrected chi connectivity index (χ2v) is 8.89. The van der Waals surface area contributed by atoms with Crippen molar-refractivity contribution in [2.45, 2.75) is 80.3 Å². The molecule has 2 heterocycles. The van der Waals surface area contributed by atoms with Gasteiger partial charge < -0.3 is 9.47 Å². The Morgan fingerprint density at radius 2 is 1.84 bits per heavy atom. The van der Waals surface area contributed by atoms with Gasteiger partial charge in [-0.15, -0.1) is 0 Å². The molecule has 0 bridgehead atoms. The first kappa shape index (κ1) is 23.1. The predicted octanol–water partition coefficient (Wildman–Crippen LogP) is 5.55. The van der Waals surface area contributed by atoms with Gasteiger partial charge in [-0.05, 0) is 95.7 Å². The number of carbonyl (C=O) groups is 1. The Morgan fingerprint density at radius 3 is 2.45 bits per heavy atom. The van der Waals surface area contributed by atoms with Crippen LogP contribution in [0.1, 0.15) is 67.1 Å². The lowest BCUT2D eigenvalue weighted by Gasteiger charge is -2.39. The Hall–Kier alpha value is -2.56. The average molecular weight is 425 g/mol. The number of pyridine rings is 1. The molecule has 5 nitrogen and oxygen atoms in total. The summed E-state index contributed by atoms with van der Waals surface area (Å²) in [6, 6.07) is 3.98. The van der Waals surface area contributed by atoms with Crippen LogP contribution in [0, 0.1) is 34.6 Å². The number of aromatic nitrogens is 1. The number of aryl methyl sites for hydroxylation is 2. The maximum atomic E-state index is 13.7. The molecule has 31 heavy (non-hydrogen) atoms. The van der Waals surface area contributed by atoms with Crippen molar-refractivity contribution in [1.29, 1.82) is 0 Å². The maximum absolute atomic E-state index is 13.7. The second-order valence-electron chi connectivity index (χ2n) is 8.89. The molecule has 1 aliphatic heterocycles. The molecule has 0 N–H and O–H groups in total. The lowest BCUT2D eigenvalue weighted by molar-refractivity contribution is -0.134. The van der Waals surface area contributed by atoms with Crippen LogP contribution in [-0.2, 0) is 11.2 Å². The summed E-state index contributed by atoms with van der Waals surface area (Å²) in [5.74, 6) is 2.45. The summed E-state index contributed by atoms with van der Waals surface area (Å²) >= 11 is 0. The first-order valence-corrected chi connectivity index (χ1v) is 11.3. The molecule has 168 valence electrons. The molecule has 1 unspecified atom stereocenters. The number of anilines is 1. The van der Waals surface area contributed by atoms with Crippen LogP contribution in [0.2, 0.25) is 0 Å². The SMILES string of the molecule is CCCOc1c(C)c(C)c2c(c1C)CCC(C)(C(=O)N(CC)c1cc(C)cc(C)n1)O2. The summed E-state index contributed by atoms with van der Waals surface area (Å²) in [6.07, 6.45) is 2.37. The molecule has 5 heteroatoms. The number of benzene rings is 1. The van der Waals surface area contributed by atoms with Gasteiger partial charge in [0.2, 0.25) is 0 Å². The lowest BCUT2D eigenvalue weighted by Crippen LogP contribution is -2.53. The van der Waals surface area contributed by atoms with Crippen LogP contribution in [0.4, 0.5) is 5.82 Å². The van der Waals surface area contributed by atoms with Crippen LogP contribution < -0.4 is 14.4 Å². The van der Waals surface area contributed by atoms with Gasteiger partial charge in [-0.25, -0.2) is 4.98 Å². The van der Waals surface area contributed by atoms with E-state index >= 15 is 0 Å². The molecule has 2 aromatic rings. The predicted molar refractivity (Wildman–Crippen MR) is 126 cm³/mol. The van der Waals surface area contributed by atoms with Gasteiger partial charge in [0.05, 0.1) is 6.61 Å². The third kappa shape index (κ3) is 4.28. The molecule has 0 radical (unpaired) electrons. The molecule has 1 atom stereocenters. The smallest absolute Gasteiger partial charge is 0.272 e. The molecule has 0 aliphatic carbocycles. The van der Waals surface area contributed by atoms with Crippen LogP contribution in [0.3, 0.4) is 0 Å². The van der Waals surface area contributed by atoms with E-state index in [9.17, 15) is 4.79 Å². The highest BCUT2D eigenvalue weighted by molar-refractivity contribution is 5.99. The van der Waals surface area contributed by atoms with Crippen molar-refractivity contribution in [2.24, 2.45) is 0 Å². The minimum absolute atomic E-state index is 0.0424. The van der Waals surface area contributed by atoms with Gasteiger partial charge in [-0.1, -0.05) is 6.92 Å². The zero-order valence-corrected chi connectivity index (χ0v) is 20.3. The van der Waals surface area contributed by atoms with Gasteiger partial charge >= 0.3 is 0 Å². The molecule has 1 aliphatic rings. The standard InChI is InChI=1S/C26H36N2O3/c1-9-13-30-23-18(5)19(6)24-21(20(23)7)11-12-26(8,31-24)25(29)28(10-2)22-15-16(3)14-17(4)27-22/h14-15H,9-13H2,1-8H3. The molecule has 3 rings (SSSR count). The van der Waals surface area contributed by atoms with Gasteiger partial charge in [-0.3, -0.25) is 9.69 Å². The number of rotatable bonds is 6. The molecule has 1 amide bonds. The summed E-state index contributed by atoms with van der Waals surface area (Å²) in [5.41, 5.74) is 5.50. The van der Waals surface area contributed by atoms with E-state index in [-0.39, 0.29) is 5.91 Å². The molecular formula is C26H36N2O3. The number of ether oxygens (including phenoxy) is 2. The normalized spacial score (nSPS) is 17.7. The van der Waals surface area contributed by atoms with Gasteiger partial charge in [0, 0.05) is 24.2 Å². The zero-order chi connectivity index (χ0) is 22.9. The van der Waals surface area contributed by atoms with Crippen LogP contribution in [-0.4, -0.2) is 29.6 Å². The molecule has 0 saturated heterocycles. The number of fused-ring (bicyclic) bond motifs is 1. The topological polar surface area (TPSA) is 51.7 Å². The van der Waals surface area contributed by atoms with E-state index in [0.717, 1.165) is 57.9 Å². The molecule has 1 aromatic carbocycles. The highest BCUT2D eigenvalue weighted by atomic mass is 16.5. The minimum atomic E-state index is -0.933. The fourth-order valence-electron chi connectivity index (χ4n) is 4.46. The number of hydrogen-bond acceptors (Lipinski definition) is 4. The lowest BCUT2D eigenvalue weighted by atomic mass is 9.86. The quantitative estimate of drug-likeness (QED) is 0.610. The summed E-state index contributed by atoms with van der Waals surface area (Å²) in [7, 11) is 0. The average Bonchev–Trinajstić information content (AvgIpc) is 2.72. The molecular weight excluding hydrogens is 388 g/mol. The summed E-state index contributed by atoms with van der Waals surface area (Å²) < 4.78 is 12.6. The number of likely N-dealkylation sites (N-methyl/N-ethyl adjacent to an activating group) is 1. The van der Waals surface area contributed by atoms with Crippen LogP contribution >= 0.6 is 0 Å². The van der Waals surface area contributed by atoms with E-state index in [1.807, 2.05) is 39.8 Å². The van der Waals surface area contributed by atoms with Crippen molar-refractivity contribution in [2.75, 3.05) is 18.1 Å². The van der Waals surface area contributed by atoms with E-state index in [1.54, 1.807) is 4.90 Å². The monoisotopic (exact) mass is 424 g/mol. The highest BCUT2D eigenvalue weighted by Gasteiger charge is 2.43. The van der Waals surface area contributed by atoms with Crippen molar-refractivity contribution < 1.29 is 14.3 Å². The van der Waals surface area contributed by atoms with Gasteiger partial charge in [0.25, 0.3) is 5.91 Å². The molecule has 0 fully saturated rings. The fraction of sp³-hybridized carbons (Fsp3) is 0.538. The van der Waals surface area contributed by atoms with Crippen molar-refractivity contribution in [3.8, 4) is 11.5 Å². The number of carbonyl (C=O) groups excluding carboxylic acids is 1. The fourth-order valence-corrected chi connectivity index (χ4v) is 4.46. The van der Waals surface area contributed by atoms with E-state index in [2.05, 4.69) is 32.7 Å². The third-order valence-electron chi connectivity index (χ3n) is 6.32. The van der Waals surface area contributed by atoms with Crippen LogP contribution in [0.5, 0.6) is 11.5 Å². The van der Waals surface area contributed by atoms with Crippen LogP contribution in [0.25, 0.3) is 0 Å². The first-order chi connectivity index (χ1) is 14.6. The Bertz CT molecular complexity index is 979. The van der Waals surface area contributed by atoms with Gasteiger partial charge in [0.15, 0.2) is 5.60 Å².